The van der Waals surface area contributed by atoms with Gasteiger partial charge in [0.15, 0.2) is 6.61 Å². The van der Waals surface area contributed by atoms with E-state index < -0.39 is 0 Å². The molecule has 0 radical (unpaired) electrons. The SMILES string of the molecule is O=C(COc1ccccc1I)NCC1(N2CCOCC2)CCCCC1. The maximum Gasteiger partial charge on any atom is 0.258 e. The van der Waals surface area contributed by atoms with Gasteiger partial charge >= 0.3 is 0 Å². The van der Waals surface area contributed by atoms with Crippen molar-refractivity contribution in [2.75, 3.05) is 39.5 Å². The van der Waals surface area contributed by atoms with Crippen molar-refractivity contribution in [3.05, 3.63) is 27.8 Å². The highest BCUT2D eigenvalue weighted by Crippen LogP contribution is 2.33. The van der Waals surface area contributed by atoms with Crippen molar-refractivity contribution in [2.45, 2.75) is 37.6 Å². The minimum atomic E-state index is -0.0436. The molecule has 5 nitrogen and oxygen atoms in total. The van der Waals surface area contributed by atoms with Crippen LogP contribution in [-0.4, -0.2) is 55.8 Å². The monoisotopic (exact) mass is 458 g/mol. The summed E-state index contributed by atoms with van der Waals surface area (Å²) in [4.78, 5) is 14.9. The van der Waals surface area contributed by atoms with Crippen LogP contribution in [0.5, 0.6) is 5.75 Å². The molecule has 1 heterocycles. The van der Waals surface area contributed by atoms with E-state index in [0.29, 0.717) is 6.54 Å². The Morgan fingerprint density at radius 2 is 1.92 bits per heavy atom. The molecule has 1 saturated carbocycles. The number of hydrogen-bond donors (Lipinski definition) is 1. The number of carbonyl (C=O) groups is 1. The summed E-state index contributed by atoms with van der Waals surface area (Å²) in [6.07, 6.45) is 6.10. The Bertz CT molecular complexity index is 570. The van der Waals surface area contributed by atoms with Gasteiger partial charge in [-0.25, -0.2) is 0 Å². The van der Waals surface area contributed by atoms with E-state index in [-0.39, 0.29) is 18.1 Å². The lowest BCUT2D eigenvalue weighted by Crippen LogP contribution is -2.60. The third-order valence-electron chi connectivity index (χ3n) is 5.28. The van der Waals surface area contributed by atoms with Gasteiger partial charge < -0.3 is 14.8 Å². The first-order valence-corrected chi connectivity index (χ1v) is 10.2. The molecular formula is C19H27IN2O3. The molecule has 138 valence electrons. The molecule has 0 spiro atoms. The number of amides is 1. The lowest BCUT2D eigenvalue weighted by Gasteiger charge is -2.48. The average molecular weight is 458 g/mol. The molecule has 3 rings (SSSR count). The largest absolute Gasteiger partial charge is 0.483 e. The number of hydrogen-bond acceptors (Lipinski definition) is 4. The Labute approximate surface area is 163 Å². The van der Waals surface area contributed by atoms with Crippen molar-refractivity contribution in [1.29, 1.82) is 0 Å². The van der Waals surface area contributed by atoms with Crippen molar-refractivity contribution >= 4 is 28.5 Å². The number of para-hydroxylation sites is 1. The van der Waals surface area contributed by atoms with Crippen LogP contribution in [0.4, 0.5) is 0 Å². The number of halogens is 1. The number of benzene rings is 1. The van der Waals surface area contributed by atoms with Crippen molar-refractivity contribution in [3.8, 4) is 5.75 Å². The van der Waals surface area contributed by atoms with Gasteiger partial charge in [-0.3, -0.25) is 9.69 Å². The van der Waals surface area contributed by atoms with Crippen LogP contribution in [0.3, 0.4) is 0 Å². The Morgan fingerprint density at radius 1 is 1.20 bits per heavy atom. The highest BCUT2D eigenvalue weighted by atomic mass is 127. The Kier molecular flexibility index (Phi) is 6.95. The molecule has 0 unspecified atom stereocenters. The number of ether oxygens (including phenoxy) is 2. The van der Waals surface area contributed by atoms with Crippen LogP contribution in [0.2, 0.25) is 0 Å². The summed E-state index contributed by atoms with van der Waals surface area (Å²) < 4.78 is 12.2. The Hall–Kier alpha value is -0.860. The maximum atomic E-state index is 12.3. The summed E-state index contributed by atoms with van der Waals surface area (Å²) in [5.41, 5.74) is 0.0961. The average Bonchev–Trinajstić information content (AvgIpc) is 2.67. The second kappa shape index (κ2) is 9.19. The first kappa shape index (κ1) is 18.9. The fourth-order valence-electron chi connectivity index (χ4n) is 3.87. The molecule has 1 aliphatic carbocycles. The van der Waals surface area contributed by atoms with Crippen LogP contribution < -0.4 is 10.1 Å². The van der Waals surface area contributed by atoms with Gasteiger partial charge in [-0.1, -0.05) is 31.4 Å². The molecule has 1 aromatic rings. The van der Waals surface area contributed by atoms with Gasteiger partial charge in [-0.15, -0.1) is 0 Å². The summed E-state index contributed by atoms with van der Waals surface area (Å²) in [6.45, 7) is 4.31. The van der Waals surface area contributed by atoms with Gasteiger partial charge in [0, 0.05) is 25.2 Å². The van der Waals surface area contributed by atoms with Gasteiger partial charge in [0.1, 0.15) is 5.75 Å². The molecule has 1 saturated heterocycles. The zero-order valence-corrected chi connectivity index (χ0v) is 16.8. The lowest BCUT2D eigenvalue weighted by atomic mass is 9.79. The highest BCUT2D eigenvalue weighted by Gasteiger charge is 2.38. The smallest absolute Gasteiger partial charge is 0.258 e. The lowest BCUT2D eigenvalue weighted by molar-refractivity contribution is -0.124. The van der Waals surface area contributed by atoms with Crippen molar-refractivity contribution in [3.63, 3.8) is 0 Å². The van der Waals surface area contributed by atoms with Gasteiger partial charge in [0.05, 0.1) is 16.8 Å². The Morgan fingerprint density at radius 3 is 2.64 bits per heavy atom. The zero-order chi connectivity index (χ0) is 17.5. The topological polar surface area (TPSA) is 50.8 Å². The van der Waals surface area contributed by atoms with Gasteiger partial charge in [-0.05, 0) is 47.6 Å². The maximum absolute atomic E-state index is 12.3. The van der Waals surface area contributed by atoms with Crippen LogP contribution in [0, 0.1) is 3.57 Å². The fourth-order valence-corrected chi connectivity index (χ4v) is 4.41. The van der Waals surface area contributed by atoms with Crippen molar-refractivity contribution in [2.24, 2.45) is 0 Å². The normalized spacial score (nSPS) is 20.8. The molecule has 2 fully saturated rings. The molecule has 2 aliphatic rings. The molecule has 25 heavy (non-hydrogen) atoms. The van der Waals surface area contributed by atoms with Crippen molar-refractivity contribution in [1.82, 2.24) is 10.2 Å². The number of nitrogens with one attached hydrogen (secondary N) is 1. The van der Waals surface area contributed by atoms with Crippen LogP contribution in [0.15, 0.2) is 24.3 Å². The van der Waals surface area contributed by atoms with E-state index in [4.69, 9.17) is 9.47 Å². The molecular weight excluding hydrogens is 431 g/mol. The minimum absolute atomic E-state index is 0.0436. The van der Waals surface area contributed by atoms with Crippen molar-refractivity contribution < 1.29 is 14.3 Å². The summed E-state index contributed by atoms with van der Waals surface area (Å²) >= 11 is 2.22. The van der Waals surface area contributed by atoms with E-state index in [1.54, 1.807) is 0 Å². The number of morpholine rings is 1. The van der Waals surface area contributed by atoms with Crippen LogP contribution in [0.25, 0.3) is 0 Å². The van der Waals surface area contributed by atoms with Gasteiger partial charge in [0.25, 0.3) is 5.91 Å². The van der Waals surface area contributed by atoms with Gasteiger partial charge in [-0.2, -0.15) is 0 Å². The van der Waals surface area contributed by atoms with Crippen LogP contribution in [0.1, 0.15) is 32.1 Å². The Balaban J connectivity index is 1.53. The van der Waals surface area contributed by atoms with E-state index in [2.05, 4.69) is 32.8 Å². The second-order valence-electron chi connectivity index (χ2n) is 6.88. The molecule has 1 aromatic carbocycles. The minimum Gasteiger partial charge on any atom is -0.483 e. The quantitative estimate of drug-likeness (QED) is 0.667. The fraction of sp³-hybridized carbons (Fsp3) is 0.632. The predicted octanol–water partition coefficient (Wildman–Crippen LogP) is 2.82. The van der Waals surface area contributed by atoms with E-state index in [1.807, 2.05) is 24.3 Å². The number of nitrogens with zero attached hydrogens (tertiary/aromatic N) is 1. The summed E-state index contributed by atoms with van der Waals surface area (Å²) in [5.74, 6) is 0.719. The third-order valence-corrected chi connectivity index (χ3v) is 6.17. The van der Waals surface area contributed by atoms with E-state index in [9.17, 15) is 4.79 Å². The van der Waals surface area contributed by atoms with Crippen LogP contribution >= 0.6 is 22.6 Å². The standard InChI is InChI=1S/C19H27IN2O3/c20-16-6-2-3-7-17(16)25-14-18(23)21-15-19(8-4-1-5-9-19)22-10-12-24-13-11-22/h2-3,6-7H,1,4-5,8-15H2,(H,21,23). The first-order valence-electron chi connectivity index (χ1n) is 9.16. The first-order chi connectivity index (χ1) is 12.2. The molecule has 1 N–H and O–H groups in total. The third kappa shape index (κ3) is 5.08. The summed E-state index contributed by atoms with van der Waals surface area (Å²) in [7, 11) is 0. The molecule has 0 aromatic heterocycles. The second-order valence-corrected chi connectivity index (χ2v) is 8.04. The molecule has 0 bridgehead atoms. The van der Waals surface area contributed by atoms with E-state index in [1.165, 1.54) is 19.3 Å². The molecule has 1 aliphatic heterocycles. The van der Waals surface area contributed by atoms with E-state index in [0.717, 1.165) is 48.5 Å². The summed E-state index contributed by atoms with van der Waals surface area (Å²) in [6, 6.07) is 7.75. The predicted molar refractivity (Wildman–Crippen MR) is 106 cm³/mol. The van der Waals surface area contributed by atoms with E-state index >= 15 is 0 Å². The zero-order valence-electron chi connectivity index (χ0n) is 14.6. The number of rotatable bonds is 6. The molecule has 1 amide bonds. The van der Waals surface area contributed by atoms with Crippen LogP contribution in [-0.2, 0) is 9.53 Å². The molecule has 0 atom stereocenters. The number of carbonyl (C=O) groups excluding carboxylic acids is 1. The highest BCUT2D eigenvalue weighted by molar-refractivity contribution is 14.1. The van der Waals surface area contributed by atoms with Gasteiger partial charge in [0.2, 0.25) is 0 Å². The molecule has 6 heteroatoms. The summed E-state index contributed by atoms with van der Waals surface area (Å²) in [5, 5.41) is 3.13.